The summed E-state index contributed by atoms with van der Waals surface area (Å²) in [5, 5.41) is 9.34. The SMILES string of the molecule is CC(C(=O)N1CC(C)(O)C1)C(C)(F)F. The third-order valence-electron chi connectivity index (χ3n) is 2.51. The van der Waals surface area contributed by atoms with E-state index >= 15 is 0 Å². The highest BCUT2D eigenvalue weighted by atomic mass is 19.3. The van der Waals surface area contributed by atoms with Crippen LogP contribution in [0, 0.1) is 5.92 Å². The van der Waals surface area contributed by atoms with Gasteiger partial charge < -0.3 is 10.0 Å². The molecule has 1 saturated heterocycles. The zero-order valence-electron chi connectivity index (χ0n) is 8.55. The van der Waals surface area contributed by atoms with E-state index < -0.39 is 23.3 Å². The number of amides is 1. The van der Waals surface area contributed by atoms with Gasteiger partial charge in [-0.15, -0.1) is 0 Å². The van der Waals surface area contributed by atoms with Crippen LogP contribution in [0.15, 0.2) is 0 Å². The Hall–Kier alpha value is -0.710. The van der Waals surface area contributed by atoms with Gasteiger partial charge in [0.05, 0.1) is 24.6 Å². The summed E-state index contributed by atoms with van der Waals surface area (Å²) in [6, 6.07) is 0. The first kappa shape index (κ1) is 11.4. The Morgan fingerprint density at radius 3 is 2.29 bits per heavy atom. The first-order valence-corrected chi connectivity index (χ1v) is 4.52. The summed E-state index contributed by atoms with van der Waals surface area (Å²) in [6.07, 6.45) is 0. The Morgan fingerprint density at radius 1 is 1.57 bits per heavy atom. The largest absolute Gasteiger partial charge is 0.386 e. The molecule has 1 unspecified atom stereocenters. The van der Waals surface area contributed by atoms with Crippen LogP contribution in [0.5, 0.6) is 0 Å². The maximum atomic E-state index is 12.8. The van der Waals surface area contributed by atoms with Crippen LogP contribution in [-0.2, 0) is 4.79 Å². The number of alkyl halides is 2. The topological polar surface area (TPSA) is 40.5 Å². The summed E-state index contributed by atoms with van der Waals surface area (Å²) >= 11 is 0. The molecule has 1 aliphatic heterocycles. The maximum absolute atomic E-state index is 12.8. The number of nitrogens with zero attached hydrogens (tertiary/aromatic N) is 1. The number of likely N-dealkylation sites (tertiary alicyclic amines) is 1. The van der Waals surface area contributed by atoms with E-state index in [9.17, 15) is 18.7 Å². The van der Waals surface area contributed by atoms with Gasteiger partial charge in [0.15, 0.2) is 0 Å². The summed E-state index contributed by atoms with van der Waals surface area (Å²) in [5.74, 6) is -4.92. The number of hydrogen-bond donors (Lipinski definition) is 1. The van der Waals surface area contributed by atoms with Gasteiger partial charge in [0.1, 0.15) is 0 Å². The van der Waals surface area contributed by atoms with Gasteiger partial charge in [0, 0.05) is 6.92 Å². The molecule has 1 N–H and O–H groups in total. The van der Waals surface area contributed by atoms with Crippen molar-refractivity contribution in [1.29, 1.82) is 0 Å². The Labute approximate surface area is 81.7 Å². The molecule has 0 bridgehead atoms. The second-order valence-electron chi connectivity index (χ2n) is 4.37. The van der Waals surface area contributed by atoms with Gasteiger partial charge >= 0.3 is 0 Å². The highest BCUT2D eigenvalue weighted by Gasteiger charge is 2.45. The number of hydrogen-bond acceptors (Lipinski definition) is 2. The quantitative estimate of drug-likeness (QED) is 0.730. The highest BCUT2D eigenvalue weighted by molar-refractivity contribution is 5.80. The Morgan fingerprint density at radius 2 is 2.00 bits per heavy atom. The van der Waals surface area contributed by atoms with E-state index in [2.05, 4.69) is 0 Å². The van der Waals surface area contributed by atoms with Crippen molar-refractivity contribution in [1.82, 2.24) is 4.90 Å². The molecule has 82 valence electrons. The van der Waals surface area contributed by atoms with Crippen molar-refractivity contribution in [3.63, 3.8) is 0 Å². The molecular formula is C9H15F2NO2. The average Bonchev–Trinajstić information content (AvgIpc) is 1.95. The molecular weight excluding hydrogens is 192 g/mol. The van der Waals surface area contributed by atoms with Crippen LogP contribution in [0.2, 0.25) is 0 Å². The molecule has 1 atom stereocenters. The lowest BCUT2D eigenvalue weighted by atomic mass is 9.93. The molecule has 1 heterocycles. The maximum Gasteiger partial charge on any atom is 0.256 e. The van der Waals surface area contributed by atoms with Crippen LogP contribution >= 0.6 is 0 Å². The number of aliphatic hydroxyl groups is 1. The fourth-order valence-electron chi connectivity index (χ4n) is 1.42. The van der Waals surface area contributed by atoms with Crippen molar-refractivity contribution in [2.24, 2.45) is 5.92 Å². The van der Waals surface area contributed by atoms with Crippen LogP contribution in [-0.4, -0.2) is 40.5 Å². The van der Waals surface area contributed by atoms with E-state index in [-0.39, 0.29) is 13.1 Å². The van der Waals surface area contributed by atoms with Crippen molar-refractivity contribution in [3.05, 3.63) is 0 Å². The first-order chi connectivity index (χ1) is 6.13. The second kappa shape index (κ2) is 3.15. The van der Waals surface area contributed by atoms with E-state index in [0.29, 0.717) is 0 Å². The van der Waals surface area contributed by atoms with Gasteiger partial charge in [-0.3, -0.25) is 4.79 Å². The van der Waals surface area contributed by atoms with Crippen LogP contribution in [0.1, 0.15) is 20.8 Å². The normalized spacial score (nSPS) is 22.9. The van der Waals surface area contributed by atoms with Gasteiger partial charge in [-0.05, 0) is 13.8 Å². The van der Waals surface area contributed by atoms with E-state index in [4.69, 9.17) is 0 Å². The van der Waals surface area contributed by atoms with Crippen LogP contribution in [0.4, 0.5) is 8.78 Å². The number of halogens is 2. The molecule has 0 aromatic heterocycles. The number of rotatable bonds is 2. The van der Waals surface area contributed by atoms with Crippen molar-refractivity contribution in [2.75, 3.05) is 13.1 Å². The van der Waals surface area contributed by atoms with Crippen molar-refractivity contribution < 1.29 is 18.7 Å². The predicted molar refractivity (Wildman–Crippen MR) is 47.0 cm³/mol. The van der Waals surface area contributed by atoms with Crippen LogP contribution in [0.3, 0.4) is 0 Å². The molecule has 0 saturated carbocycles. The summed E-state index contributed by atoms with van der Waals surface area (Å²) in [7, 11) is 0. The lowest BCUT2D eigenvalue weighted by Gasteiger charge is -2.45. The summed E-state index contributed by atoms with van der Waals surface area (Å²) in [6.45, 7) is 3.80. The molecule has 0 radical (unpaired) electrons. The monoisotopic (exact) mass is 207 g/mol. The molecule has 0 aromatic rings. The summed E-state index contributed by atoms with van der Waals surface area (Å²) < 4.78 is 25.5. The summed E-state index contributed by atoms with van der Waals surface area (Å²) in [5.41, 5.74) is -0.904. The van der Waals surface area contributed by atoms with Crippen molar-refractivity contribution >= 4 is 5.91 Å². The van der Waals surface area contributed by atoms with Crippen molar-refractivity contribution in [2.45, 2.75) is 32.3 Å². The molecule has 0 spiro atoms. The smallest absolute Gasteiger partial charge is 0.256 e. The lowest BCUT2D eigenvalue weighted by molar-refractivity contribution is -0.166. The molecule has 1 rings (SSSR count). The Bertz CT molecular complexity index is 240. The molecule has 5 heteroatoms. The molecule has 0 aliphatic carbocycles. The van der Waals surface area contributed by atoms with Gasteiger partial charge in [-0.1, -0.05) is 0 Å². The van der Waals surface area contributed by atoms with Gasteiger partial charge in [0.2, 0.25) is 5.91 Å². The Balaban J connectivity index is 2.53. The van der Waals surface area contributed by atoms with Gasteiger partial charge in [-0.25, -0.2) is 8.78 Å². The average molecular weight is 207 g/mol. The zero-order valence-corrected chi connectivity index (χ0v) is 8.55. The van der Waals surface area contributed by atoms with E-state index in [1.165, 1.54) is 11.8 Å². The first-order valence-electron chi connectivity index (χ1n) is 4.52. The van der Waals surface area contributed by atoms with Gasteiger partial charge in [-0.2, -0.15) is 0 Å². The Kier molecular flexibility index (Phi) is 2.56. The zero-order chi connectivity index (χ0) is 11.1. The van der Waals surface area contributed by atoms with E-state index in [1.54, 1.807) is 6.92 Å². The van der Waals surface area contributed by atoms with Crippen LogP contribution in [0.25, 0.3) is 0 Å². The van der Waals surface area contributed by atoms with Crippen LogP contribution < -0.4 is 0 Å². The molecule has 3 nitrogen and oxygen atoms in total. The van der Waals surface area contributed by atoms with Gasteiger partial charge in [0.25, 0.3) is 5.92 Å². The molecule has 0 aromatic carbocycles. The highest BCUT2D eigenvalue weighted by Crippen LogP contribution is 2.29. The molecule has 1 aliphatic rings. The number of carbonyl (C=O) groups is 1. The molecule has 14 heavy (non-hydrogen) atoms. The minimum Gasteiger partial charge on any atom is -0.386 e. The second-order valence-corrected chi connectivity index (χ2v) is 4.37. The minimum absolute atomic E-state index is 0.145. The fraction of sp³-hybridized carbons (Fsp3) is 0.889. The minimum atomic E-state index is -3.00. The number of β-amino-alcohol motifs (C(OH)–C–C–N with tert-alkyl or cyclic N) is 1. The lowest BCUT2D eigenvalue weighted by Crippen LogP contribution is -2.63. The third kappa shape index (κ3) is 2.20. The standard InChI is InChI=1S/C9H15F2NO2/c1-6(9(3,10)11)7(13)12-4-8(2,14)5-12/h6,14H,4-5H2,1-3H3. The van der Waals surface area contributed by atoms with E-state index in [0.717, 1.165) is 6.92 Å². The number of carbonyl (C=O) groups excluding carboxylic acids is 1. The molecule has 1 amide bonds. The third-order valence-corrected chi connectivity index (χ3v) is 2.51. The van der Waals surface area contributed by atoms with E-state index in [1.807, 2.05) is 0 Å². The predicted octanol–water partition coefficient (Wildman–Crippen LogP) is 0.871. The van der Waals surface area contributed by atoms with Crippen molar-refractivity contribution in [3.8, 4) is 0 Å². The fourth-order valence-corrected chi connectivity index (χ4v) is 1.42. The molecule has 1 fully saturated rings. The summed E-state index contributed by atoms with van der Waals surface area (Å²) in [4.78, 5) is 12.6.